The van der Waals surface area contributed by atoms with Gasteiger partial charge in [0.25, 0.3) is 0 Å². The van der Waals surface area contributed by atoms with E-state index < -0.39 is 11.9 Å². The quantitative estimate of drug-likeness (QED) is 0.362. The van der Waals surface area contributed by atoms with E-state index in [2.05, 4.69) is 20.9 Å². The van der Waals surface area contributed by atoms with Crippen LogP contribution < -0.4 is 9.47 Å². The summed E-state index contributed by atoms with van der Waals surface area (Å²) in [6.45, 7) is 3.41. The van der Waals surface area contributed by atoms with E-state index in [4.69, 9.17) is 25.8 Å². The fourth-order valence-corrected chi connectivity index (χ4v) is 3.21. The van der Waals surface area contributed by atoms with E-state index in [-0.39, 0.29) is 22.4 Å². The number of carbonyl (C=O) groups is 2. The number of esters is 2. The van der Waals surface area contributed by atoms with Gasteiger partial charge in [0.2, 0.25) is 5.90 Å². The van der Waals surface area contributed by atoms with Crippen LogP contribution in [0.25, 0.3) is 6.08 Å². The van der Waals surface area contributed by atoms with Gasteiger partial charge in [-0.2, -0.15) is 0 Å². The number of benzene rings is 2. The first-order valence-corrected chi connectivity index (χ1v) is 9.48. The maximum atomic E-state index is 12.2. The van der Waals surface area contributed by atoms with E-state index in [9.17, 15) is 9.59 Å². The largest absolute Gasteiger partial charge is 0.490 e. The summed E-state index contributed by atoms with van der Waals surface area (Å²) in [5.41, 5.74) is 1.33. The molecule has 1 aliphatic rings. The van der Waals surface area contributed by atoms with Gasteiger partial charge in [-0.05, 0) is 58.8 Å². The zero-order chi connectivity index (χ0) is 20.3. The Morgan fingerprint density at radius 2 is 2.07 bits per heavy atom. The number of halogens is 2. The van der Waals surface area contributed by atoms with Crippen molar-refractivity contribution >= 4 is 51.4 Å². The monoisotopic (exact) mass is 463 g/mol. The first kappa shape index (κ1) is 20.1. The molecule has 0 aliphatic carbocycles. The fourth-order valence-electron chi connectivity index (χ4n) is 2.49. The third kappa shape index (κ3) is 4.43. The van der Waals surface area contributed by atoms with Crippen LogP contribution in [-0.2, 0) is 14.3 Å². The van der Waals surface area contributed by atoms with Gasteiger partial charge in [0.05, 0.1) is 17.2 Å². The van der Waals surface area contributed by atoms with Gasteiger partial charge < -0.3 is 14.2 Å². The molecule has 2 aromatic rings. The van der Waals surface area contributed by atoms with Crippen molar-refractivity contribution in [1.29, 1.82) is 0 Å². The van der Waals surface area contributed by atoms with E-state index in [1.807, 2.05) is 18.2 Å². The Hall–Kier alpha value is -2.64. The molecule has 3 rings (SSSR count). The van der Waals surface area contributed by atoms with Gasteiger partial charge >= 0.3 is 11.9 Å². The summed E-state index contributed by atoms with van der Waals surface area (Å²) < 4.78 is 16.7. The van der Waals surface area contributed by atoms with Crippen LogP contribution in [0.5, 0.6) is 11.5 Å². The molecule has 0 saturated heterocycles. The van der Waals surface area contributed by atoms with Gasteiger partial charge in [0, 0.05) is 11.4 Å². The smallest absolute Gasteiger partial charge is 0.363 e. The topological polar surface area (TPSA) is 74.2 Å². The molecule has 8 heteroatoms. The molecule has 0 N–H and O–H groups in total. The van der Waals surface area contributed by atoms with Crippen molar-refractivity contribution in [3.05, 3.63) is 62.7 Å². The molecule has 2 aromatic carbocycles. The molecule has 0 amide bonds. The predicted molar refractivity (Wildman–Crippen MR) is 109 cm³/mol. The molecule has 28 heavy (non-hydrogen) atoms. The van der Waals surface area contributed by atoms with Crippen LogP contribution in [0, 0.1) is 0 Å². The van der Waals surface area contributed by atoms with Gasteiger partial charge in [0.15, 0.2) is 17.2 Å². The molecule has 0 unspecified atom stereocenters. The maximum Gasteiger partial charge on any atom is 0.363 e. The number of ether oxygens (including phenoxy) is 3. The van der Waals surface area contributed by atoms with Crippen LogP contribution in [0.15, 0.2) is 51.6 Å². The molecule has 0 aromatic heterocycles. The molecule has 0 fully saturated rings. The lowest BCUT2D eigenvalue weighted by atomic mass is 10.1. The van der Waals surface area contributed by atoms with E-state index in [0.717, 1.165) is 4.47 Å². The second kappa shape index (κ2) is 8.58. The van der Waals surface area contributed by atoms with Crippen molar-refractivity contribution in [3.63, 3.8) is 0 Å². The molecular weight excluding hydrogens is 450 g/mol. The summed E-state index contributed by atoms with van der Waals surface area (Å²) in [5, 5.41) is 0.175. The van der Waals surface area contributed by atoms with E-state index >= 15 is 0 Å². The van der Waals surface area contributed by atoms with Crippen LogP contribution in [0.4, 0.5) is 0 Å². The van der Waals surface area contributed by atoms with Crippen LogP contribution in [0.2, 0.25) is 5.02 Å². The number of rotatable bonds is 5. The van der Waals surface area contributed by atoms with Crippen molar-refractivity contribution in [2.24, 2.45) is 4.99 Å². The van der Waals surface area contributed by atoms with Gasteiger partial charge in [-0.15, -0.1) is 0 Å². The van der Waals surface area contributed by atoms with Crippen molar-refractivity contribution < 1.29 is 23.8 Å². The summed E-state index contributed by atoms with van der Waals surface area (Å²) >= 11 is 9.65. The van der Waals surface area contributed by atoms with Crippen LogP contribution in [0.3, 0.4) is 0 Å². The summed E-state index contributed by atoms with van der Waals surface area (Å²) in [5.74, 6) is -0.473. The second-order valence-electron chi connectivity index (χ2n) is 5.67. The van der Waals surface area contributed by atoms with Crippen LogP contribution >= 0.6 is 27.5 Å². The van der Waals surface area contributed by atoms with Gasteiger partial charge in [-0.3, -0.25) is 4.79 Å². The third-order valence-electron chi connectivity index (χ3n) is 3.61. The summed E-state index contributed by atoms with van der Waals surface area (Å²) in [6.07, 6.45) is 1.53. The van der Waals surface area contributed by atoms with Gasteiger partial charge in [0.1, 0.15) is 0 Å². The van der Waals surface area contributed by atoms with E-state index in [1.165, 1.54) is 13.0 Å². The van der Waals surface area contributed by atoms with Crippen molar-refractivity contribution in [1.82, 2.24) is 0 Å². The minimum atomic E-state index is -0.580. The number of hydrogen-bond acceptors (Lipinski definition) is 6. The summed E-state index contributed by atoms with van der Waals surface area (Å²) in [4.78, 5) is 27.8. The molecule has 0 bridgehead atoms. The molecule has 6 nitrogen and oxygen atoms in total. The SMILES string of the molecule is CCOc1cc(C=C2N=C(c3ccccc3Br)OC2=O)cc(Cl)c1OC(C)=O. The lowest BCUT2D eigenvalue weighted by Crippen LogP contribution is -2.06. The zero-order valence-electron chi connectivity index (χ0n) is 15.0. The molecule has 0 radical (unpaired) electrons. The normalized spacial score (nSPS) is 14.6. The zero-order valence-corrected chi connectivity index (χ0v) is 17.3. The van der Waals surface area contributed by atoms with E-state index in [1.54, 1.807) is 25.1 Å². The highest BCUT2D eigenvalue weighted by Gasteiger charge is 2.25. The average Bonchev–Trinajstić information content (AvgIpc) is 2.99. The highest BCUT2D eigenvalue weighted by Crippen LogP contribution is 2.37. The Bertz CT molecular complexity index is 1020. The Morgan fingerprint density at radius 3 is 2.75 bits per heavy atom. The first-order chi connectivity index (χ1) is 13.4. The minimum absolute atomic E-state index is 0.115. The standard InChI is InChI=1S/C20H15BrClNO5/c1-3-26-17-10-12(8-15(22)18(17)27-11(2)24)9-16-20(25)28-19(23-16)13-6-4-5-7-14(13)21/h4-10H,3H2,1-2H3. The van der Waals surface area contributed by atoms with Crippen molar-refractivity contribution in [2.75, 3.05) is 6.61 Å². The number of nitrogens with zero attached hydrogens (tertiary/aromatic N) is 1. The highest BCUT2D eigenvalue weighted by atomic mass is 79.9. The van der Waals surface area contributed by atoms with Gasteiger partial charge in [-0.1, -0.05) is 23.7 Å². The Morgan fingerprint density at radius 1 is 1.32 bits per heavy atom. The number of cyclic esters (lactones) is 1. The molecule has 0 atom stereocenters. The Labute approximate surface area is 174 Å². The highest BCUT2D eigenvalue weighted by molar-refractivity contribution is 9.10. The van der Waals surface area contributed by atoms with E-state index in [0.29, 0.717) is 23.5 Å². The molecular formula is C20H15BrClNO5. The summed E-state index contributed by atoms with van der Waals surface area (Å²) in [6, 6.07) is 10.4. The number of hydrogen-bond donors (Lipinski definition) is 0. The maximum absolute atomic E-state index is 12.2. The molecule has 144 valence electrons. The Balaban J connectivity index is 1.99. The van der Waals surface area contributed by atoms with Crippen LogP contribution in [-0.4, -0.2) is 24.4 Å². The Kier molecular flexibility index (Phi) is 6.16. The molecule has 1 heterocycles. The lowest BCUT2D eigenvalue weighted by Gasteiger charge is -2.12. The minimum Gasteiger partial charge on any atom is -0.490 e. The second-order valence-corrected chi connectivity index (χ2v) is 6.93. The summed E-state index contributed by atoms with van der Waals surface area (Å²) in [7, 11) is 0. The van der Waals surface area contributed by atoms with Crippen LogP contribution in [0.1, 0.15) is 25.0 Å². The van der Waals surface area contributed by atoms with Gasteiger partial charge in [-0.25, -0.2) is 9.79 Å². The molecule has 0 saturated carbocycles. The lowest BCUT2D eigenvalue weighted by molar-refractivity contribution is -0.132. The third-order valence-corrected chi connectivity index (χ3v) is 4.58. The number of carbonyl (C=O) groups excluding carboxylic acids is 2. The molecule has 0 spiro atoms. The predicted octanol–water partition coefficient (Wildman–Crippen LogP) is 4.77. The fraction of sp³-hybridized carbons (Fsp3) is 0.150. The average molecular weight is 465 g/mol. The molecule has 1 aliphatic heterocycles. The first-order valence-electron chi connectivity index (χ1n) is 8.31. The number of aliphatic imine (C=N–C) groups is 1. The van der Waals surface area contributed by atoms with Crippen molar-refractivity contribution in [2.45, 2.75) is 13.8 Å². The van der Waals surface area contributed by atoms with Crippen molar-refractivity contribution in [3.8, 4) is 11.5 Å².